The fourth-order valence-electron chi connectivity index (χ4n) is 2.14. The highest BCUT2D eigenvalue weighted by Gasteiger charge is 2.05. The van der Waals surface area contributed by atoms with E-state index < -0.39 is 0 Å². The minimum absolute atomic E-state index is 0.245. The summed E-state index contributed by atoms with van der Waals surface area (Å²) >= 11 is 0. The number of rotatable bonds is 8. The first-order valence-corrected chi connectivity index (χ1v) is 7.37. The minimum Gasteiger partial charge on any atom is -0.497 e. The van der Waals surface area contributed by atoms with Gasteiger partial charge in [0.25, 0.3) is 0 Å². The van der Waals surface area contributed by atoms with Crippen molar-refractivity contribution < 1.29 is 14.2 Å². The van der Waals surface area contributed by atoms with Crippen molar-refractivity contribution in [2.24, 2.45) is 0 Å². The average molecular weight is 301 g/mol. The molecule has 0 radical (unpaired) electrons. The predicted molar refractivity (Wildman–Crippen MR) is 87.9 cm³/mol. The molecule has 2 aromatic carbocycles. The third-order valence-electron chi connectivity index (χ3n) is 3.47. The summed E-state index contributed by atoms with van der Waals surface area (Å²) in [5, 5.41) is 3.44. The molecule has 0 aliphatic carbocycles. The van der Waals surface area contributed by atoms with Crippen LogP contribution in [0.15, 0.2) is 48.5 Å². The second-order valence-electron chi connectivity index (χ2n) is 4.98. The Morgan fingerprint density at radius 1 is 0.909 bits per heavy atom. The van der Waals surface area contributed by atoms with Crippen molar-refractivity contribution in [2.75, 3.05) is 27.4 Å². The SMILES string of the molecule is COc1ccc(OCCNC(C)c2cccc(OC)c2)cc1. The first kappa shape index (κ1) is 16.2. The van der Waals surface area contributed by atoms with E-state index in [1.54, 1.807) is 14.2 Å². The summed E-state index contributed by atoms with van der Waals surface area (Å²) in [6, 6.07) is 15.9. The molecular weight excluding hydrogens is 278 g/mol. The summed E-state index contributed by atoms with van der Waals surface area (Å²) in [5.41, 5.74) is 1.20. The number of benzene rings is 2. The molecule has 0 saturated heterocycles. The van der Waals surface area contributed by atoms with E-state index in [0.717, 1.165) is 23.8 Å². The predicted octanol–water partition coefficient (Wildman–Crippen LogP) is 3.43. The van der Waals surface area contributed by atoms with Crippen LogP contribution >= 0.6 is 0 Å². The van der Waals surface area contributed by atoms with Gasteiger partial charge in [-0.15, -0.1) is 0 Å². The van der Waals surface area contributed by atoms with Gasteiger partial charge in [-0.2, -0.15) is 0 Å². The van der Waals surface area contributed by atoms with Crippen LogP contribution in [0.3, 0.4) is 0 Å². The number of hydrogen-bond donors (Lipinski definition) is 1. The van der Waals surface area contributed by atoms with Gasteiger partial charge in [-0.3, -0.25) is 0 Å². The molecule has 0 bridgehead atoms. The van der Waals surface area contributed by atoms with Gasteiger partial charge in [0.15, 0.2) is 0 Å². The average Bonchev–Trinajstić information content (AvgIpc) is 2.59. The normalized spacial score (nSPS) is 11.8. The highest BCUT2D eigenvalue weighted by atomic mass is 16.5. The molecule has 0 amide bonds. The molecular formula is C18H23NO3. The molecule has 118 valence electrons. The van der Waals surface area contributed by atoms with Crippen molar-refractivity contribution in [1.29, 1.82) is 0 Å². The van der Waals surface area contributed by atoms with E-state index in [9.17, 15) is 0 Å². The van der Waals surface area contributed by atoms with E-state index in [0.29, 0.717) is 6.61 Å². The molecule has 0 heterocycles. The summed E-state index contributed by atoms with van der Waals surface area (Å²) in [4.78, 5) is 0. The number of ether oxygens (including phenoxy) is 3. The zero-order valence-electron chi connectivity index (χ0n) is 13.3. The molecule has 0 aromatic heterocycles. The van der Waals surface area contributed by atoms with E-state index in [2.05, 4.69) is 18.3 Å². The van der Waals surface area contributed by atoms with Gasteiger partial charge in [0.2, 0.25) is 0 Å². The van der Waals surface area contributed by atoms with Crippen molar-refractivity contribution >= 4 is 0 Å². The highest BCUT2D eigenvalue weighted by Crippen LogP contribution is 2.19. The first-order valence-electron chi connectivity index (χ1n) is 7.37. The lowest BCUT2D eigenvalue weighted by Crippen LogP contribution is -2.24. The van der Waals surface area contributed by atoms with Crippen molar-refractivity contribution in [3.05, 3.63) is 54.1 Å². The molecule has 0 aliphatic rings. The van der Waals surface area contributed by atoms with Gasteiger partial charge in [0.05, 0.1) is 14.2 Å². The molecule has 0 saturated carbocycles. The molecule has 1 atom stereocenters. The Bertz CT molecular complexity index is 569. The van der Waals surface area contributed by atoms with Crippen LogP contribution in [0.1, 0.15) is 18.5 Å². The second-order valence-corrected chi connectivity index (χ2v) is 4.98. The van der Waals surface area contributed by atoms with Gasteiger partial charge in [0, 0.05) is 12.6 Å². The summed E-state index contributed by atoms with van der Waals surface area (Å²) < 4.78 is 16.1. The molecule has 4 heteroatoms. The Labute approximate surface area is 132 Å². The molecule has 2 rings (SSSR count). The van der Waals surface area contributed by atoms with Gasteiger partial charge < -0.3 is 19.5 Å². The van der Waals surface area contributed by atoms with E-state index in [1.165, 1.54) is 5.56 Å². The first-order chi connectivity index (χ1) is 10.7. The lowest BCUT2D eigenvalue weighted by molar-refractivity contribution is 0.307. The Morgan fingerprint density at radius 3 is 2.27 bits per heavy atom. The van der Waals surface area contributed by atoms with Crippen molar-refractivity contribution in [3.63, 3.8) is 0 Å². The number of methoxy groups -OCH3 is 2. The summed E-state index contributed by atoms with van der Waals surface area (Å²) in [6.07, 6.45) is 0. The standard InChI is InChI=1S/C18H23NO3/c1-14(15-5-4-6-18(13-15)21-3)19-11-12-22-17-9-7-16(20-2)8-10-17/h4-10,13-14,19H,11-12H2,1-3H3. The monoisotopic (exact) mass is 301 g/mol. The lowest BCUT2D eigenvalue weighted by atomic mass is 10.1. The van der Waals surface area contributed by atoms with Crippen LogP contribution in [-0.2, 0) is 0 Å². The maximum atomic E-state index is 5.69. The molecule has 0 aliphatic heterocycles. The van der Waals surface area contributed by atoms with Crippen molar-refractivity contribution in [2.45, 2.75) is 13.0 Å². The van der Waals surface area contributed by atoms with Crippen LogP contribution < -0.4 is 19.5 Å². The van der Waals surface area contributed by atoms with Gasteiger partial charge >= 0.3 is 0 Å². The molecule has 1 unspecified atom stereocenters. The lowest BCUT2D eigenvalue weighted by Gasteiger charge is -2.15. The Hall–Kier alpha value is -2.20. The fraction of sp³-hybridized carbons (Fsp3) is 0.333. The summed E-state index contributed by atoms with van der Waals surface area (Å²) in [5.74, 6) is 2.55. The van der Waals surface area contributed by atoms with Gasteiger partial charge in [-0.1, -0.05) is 12.1 Å². The van der Waals surface area contributed by atoms with Crippen LogP contribution in [0.4, 0.5) is 0 Å². The number of hydrogen-bond acceptors (Lipinski definition) is 4. The molecule has 4 nitrogen and oxygen atoms in total. The quantitative estimate of drug-likeness (QED) is 0.758. The highest BCUT2D eigenvalue weighted by molar-refractivity contribution is 5.31. The Kier molecular flexibility index (Phi) is 6.10. The summed E-state index contributed by atoms with van der Waals surface area (Å²) in [6.45, 7) is 3.51. The third kappa shape index (κ3) is 4.67. The van der Waals surface area contributed by atoms with Crippen LogP contribution in [0.5, 0.6) is 17.2 Å². The van der Waals surface area contributed by atoms with E-state index >= 15 is 0 Å². The van der Waals surface area contributed by atoms with Crippen LogP contribution in [0, 0.1) is 0 Å². The van der Waals surface area contributed by atoms with Gasteiger partial charge in [-0.25, -0.2) is 0 Å². The smallest absolute Gasteiger partial charge is 0.119 e. The largest absolute Gasteiger partial charge is 0.497 e. The van der Waals surface area contributed by atoms with E-state index in [-0.39, 0.29) is 6.04 Å². The molecule has 0 spiro atoms. The van der Waals surface area contributed by atoms with Crippen LogP contribution in [0.2, 0.25) is 0 Å². The third-order valence-corrected chi connectivity index (χ3v) is 3.47. The zero-order valence-corrected chi connectivity index (χ0v) is 13.3. The second kappa shape index (κ2) is 8.29. The molecule has 1 N–H and O–H groups in total. The van der Waals surface area contributed by atoms with Gasteiger partial charge in [0.1, 0.15) is 23.9 Å². The Morgan fingerprint density at radius 2 is 1.59 bits per heavy atom. The topological polar surface area (TPSA) is 39.7 Å². The zero-order chi connectivity index (χ0) is 15.8. The van der Waals surface area contributed by atoms with E-state index in [4.69, 9.17) is 14.2 Å². The minimum atomic E-state index is 0.245. The maximum Gasteiger partial charge on any atom is 0.119 e. The summed E-state index contributed by atoms with van der Waals surface area (Å²) in [7, 11) is 3.33. The number of nitrogens with one attached hydrogen (secondary N) is 1. The van der Waals surface area contributed by atoms with Crippen LogP contribution in [0.25, 0.3) is 0 Å². The van der Waals surface area contributed by atoms with Crippen LogP contribution in [-0.4, -0.2) is 27.4 Å². The van der Waals surface area contributed by atoms with Crippen molar-refractivity contribution in [3.8, 4) is 17.2 Å². The molecule has 0 fully saturated rings. The van der Waals surface area contributed by atoms with Crippen molar-refractivity contribution in [1.82, 2.24) is 5.32 Å². The Balaban J connectivity index is 1.75. The fourth-order valence-corrected chi connectivity index (χ4v) is 2.14. The maximum absolute atomic E-state index is 5.69. The molecule has 22 heavy (non-hydrogen) atoms. The van der Waals surface area contributed by atoms with E-state index in [1.807, 2.05) is 42.5 Å². The van der Waals surface area contributed by atoms with Gasteiger partial charge in [-0.05, 0) is 48.9 Å². The molecule has 2 aromatic rings.